The zero-order valence-electron chi connectivity index (χ0n) is 12.4. The molecule has 0 rings (SSSR count). The van der Waals surface area contributed by atoms with Crippen LogP contribution >= 0.6 is 0 Å². The largest absolute Gasteiger partial charge is 0.479 e. The van der Waals surface area contributed by atoms with Gasteiger partial charge in [0.2, 0.25) is 0 Å². The third-order valence-electron chi connectivity index (χ3n) is 3.32. The van der Waals surface area contributed by atoms with Gasteiger partial charge in [0.15, 0.2) is 0 Å². The molecule has 1 atom stereocenters. The van der Waals surface area contributed by atoms with Crippen LogP contribution < -0.4 is 0 Å². The second-order valence-electron chi connectivity index (χ2n) is 5.25. The van der Waals surface area contributed by atoms with Gasteiger partial charge in [-0.2, -0.15) is 65.9 Å². The summed E-state index contributed by atoms with van der Waals surface area (Å²) >= 11 is 0. The first kappa shape index (κ1) is 26.3. The van der Waals surface area contributed by atoms with Crippen LogP contribution in [0.25, 0.3) is 0 Å². The Bertz CT molecular complexity index is 615. The van der Waals surface area contributed by atoms with Gasteiger partial charge in [0.1, 0.15) is 0 Å². The first-order chi connectivity index (χ1) is 11.7. The Morgan fingerprint density at radius 3 is 0.929 bits per heavy atom. The van der Waals surface area contributed by atoms with Crippen molar-refractivity contribution < 1.29 is 80.1 Å². The molecule has 0 saturated heterocycles. The van der Waals surface area contributed by atoms with E-state index in [9.17, 15) is 75.0 Å². The molecular weight excluding hydrogens is 456 g/mol. The molecule has 1 unspecified atom stereocenters. The average molecular weight is 460 g/mol. The molecular formula is C10H4F16O2. The molecule has 0 amide bonds. The molecule has 0 aliphatic heterocycles. The zero-order chi connectivity index (χ0) is 23.6. The fraction of sp³-hybridized carbons (Fsp3) is 0.900. The summed E-state index contributed by atoms with van der Waals surface area (Å²) < 4.78 is 205. The van der Waals surface area contributed by atoms with Gasteiger partial charge < -0.3 is 5.11 Å². The first-order valence-electron chi connectivity index (χ1n) is 5.95. The number of carboxylic acids is 1. The summed E-state index contributed by atoms with van der Waals surface area (Å²) in [5.74, 6) is -53.2. The van der Waals surface area contributed by atoms with E-state index < -0.39 is 60.3 Å². The highest BCUT2D eigenvalue weighted by Gasteiger charge is 2.95. The van der Waals surface area contributed by atoms with Gasteiger partial charge in [0.05, 0.1) is 0 Å². The molecule has 18 heteroatoms. The van der Waals surface area contributed by atoms with Gasteiger partial charge in [-0.05, 0) is 6.92 Å². The minimum atomic E-state index is -8.60. The second kappa shape index (κ2) is 6.17. The highest BCUT2D eigenvalue weighted by Crippen LogP contribution is 2.63. The lowest BCUT2D eigenvalue weighted by molar-refractivity contribution is -0.456. The van der Waals surface area contributed by atoms with Crippen molar-refractivity contribution in [3.63, 3.8) is 0 Å². The van der Waals surface area contributed by atoms with E-state index in [0.29, 0.717) is 0 Å². The van der Waals surface area contributed by atoms with Crippen molar-refractivity contribution in [2.45, 2.75) is 54.3 Å². The Kier molecular flexibility index (Phi) is 5.81. The molecule has 0 fully saturated rings. The number of aliphatic carboxylic acids is 1. The van der Waals surface area contributed by atoms with Crippen molar-refractivity contribution in [3.8, 4) is 0 Å². The predicted octanol–water partition coefficient (Wildman–Crippen LogP) is 5.17. The van der Waals surface area contributed by atoms with Crippen LogP contribution in [0, 0.1) is 0 Å². The van der Waals surface area contributed by atoms with Crippen molar-refractivity contribution in [3.05, 3.63) is 0 Å². The van der Waals surface area contributed by atoms with Gasteiger partial charge in [-0.1, -0.05) is 0 Å². The molecule has 0 radical (unpaired) electrons. The molecule has 2 nitrogen and oxygen atoms in total. The maximum atomic E-state index is 13.2. The summed E-state index contributed by atoms with van der Waals surface area (Å²) in [6.45, 7) is -1.11. The van der Waals surface area contributed by atoms with Crippen molar-refractivity contribution in [1.29, 1.82) is 0 Å². The number of carboxylic acid groups (broad SMARTS) is 1. The van der Waals surface area contributed by atoms with E-state index in [2.05, 4.69) is 0 Å². The van der Waals surface area contributed by atoms with E-state index in [0.717, 1.165) is 0 Å². The summed E-state index contributed by atoms with van der Waals surface area (Å²) in [6.07, 6.45) is -7.76. The van der Waals surface area contributed by atoms with E-state index in [4.69, 9.17) is 5.11 Å². The minimum absolute atomic E-state index is 1.11. The lowest BCUT2D eigenvalue weighted by Crippen LogP contribution is -2.75. The predicted molar refractivity (Wildman–Crippen MR) is 52.9 cm³/mol. The first-order valence-corrected chi connectivity index (χ1v) is 5.95. The number of alkyl halides is 16. The monoisotopic (exact) mass is 460 g/mol. The Hall–Kier alpha value is -1.65. The SMILES string of the molecule is CC(F)(C(=O)O)C(F)(F)C(F)(F)C(F)(F)C(F)(F)C(F)(F)C(F)(F)C(F)(F)F. The summed E-state index contributed by atoms with van der Waals surface area (Å²) in [7, 11) is 0. The molecule has 28 heavy (non-hydrogen) atoms. The summed E-state index contributed by atoms with van der Waals surface area (Å²) in [6, 6.07) is 0. The van der Waals surface area contributed by atoms with E-state index in [1.54, 1.807) is 0 Å². The van der Waals surface area contributed by atoms with Crippen LogP contribution in [0.4, 0.5) is 70.2 Å². The van der Waals surface area contributed by atoms with E-state index >= 15 is 0 Å². The van der Waals surface area contributed by atoms with Crippen molar-refractivity contribution in [2.24, 2.45) is 0 Å². The Labute approximate surface area is 142 Å². The smallest absolute Gasteiger partial charge is 0.460 e. The van der Waals surface area contributed by atoms with Gasteiger partial charge in [-0.3, -0.25) is 0 Å². The number of rotatable bonds is 7. The van der Waals surface area contributed by atoms with Gasteiger partial charge in [0, 0.05) is 0 Å². The van der Waals surface area contributed by atoms with Crippen LogP contribution in [0.1, 0.15) is 6.92 Å². The highest BCUT2D eigenvalue weighted by atomic mass is 19.4. The normalized spacial score (nSPS) is 18.0. The van der Waals surface area contributed by atoms with E-state index in [1.807, 2.05) is 0 Å². The minimum Gasteiger partial charge on any atom is -0.479 e. The molecule has 0 aromatic heterocycles. The third-order valence-corrected chi connectivity index (χ3v) is 3.32. The van der Waals surface area contributed by atoms with Crippen molar-refractivity contribution in [1.82, 2.24) is 0 Å². The Balaban J connectivity index is 6.76. The van der Waals surface area contributed by atoms with E-state index in [1.165, 1.54) is 0 Å². The van der Waals surface area contributed by atoms with Crippen LogP contribution in [-0.4, -0.2) is 58.5 Å². The fourth-order valence-electron chi connectivity index (χ4n) is 1.40. The molecule has 0 aliphatic rings. The van der Waals surface area contributed by atoms with Crippen molar-refractivity contribution in [2.75, 3.05) is 0 Å². The summed E-state index contributed by atoms with van der Waals surface area (Å²) in [5, 5.41) is 7.97. The maximum Gasteiger partial charge on any atom is 0.460 e. The van der Waals surface area contributed by atoms with Crippen LogP contribution in [0.3, 0.4) is 0 Å². The molecule has 0 heterocycles. The van der Waals surface area contributed by atoms with Gasteiger partial charge >= 0.3 is 47.7 Å². The Morgan fingerprint density at radius 1 is 0.500 bits per heavy atom. The third kappa shape index (κ3) is 2.93. The molecule has 0 spiro atoms. The van der Waals surface area contributed by atoms with Gasteiger partial charge in [0.25, 0.3) is 5.67 Å². The van der Waals surface area contributed by atoms with Gasteiger partial charge in [-0.15, -0.1) is 0 Å². The maximum absolute atomic E-state index is 13.2. The van der Waals surface area contributed by atoms with Crippen LogP contribution in [0.5, 0.6) is 0 Å². The fourth-order valence-corrected chi connectivity index (χ4v) is 1.40. The second-order valence-corrected chi connectivity index (χ2v) is 5.25. The summed E-state index contributed by atoms with van der Waals surface area (Å²) in [5.41, 5.74) is -5.89. The zero-order valence-corrected chi connectivity index (χ0v) is 12.4. The van der Waals surface area contributed by atoms with E-state index in [-0.39, 0.29) is 0 Å². The molecule has 0 saturated carbocycles. The Morgan fingerprint density at radius 2 is 0.714 bits per heavy atom. The lowest BCUT2D eigenvalue weighted by Gasteiger charge is -2.43. The van der Waals surface area contributed by atoms with Crippen LogP contribution in [-0.2, 0) is 4.79 Å². The molecule has 1 N–H and O–H groups in total. The van der Waals surface area contributed by atoms with Crippen LogP contribution in [0.15, 0.2) is 0 Å². The summed E-state index contributed by atoms with van der Waals surface area (Å²) in [4.78, 5) is 10.1. The standard InChI is InChI=1S/C10H4F16O2/c1-3(11,2(27)28)4(12,13)5(14,15)6(16,17)7(18,19)8(20,21)9(22,23)10(24,25)26/h1H3,(H,27,28). The lowest BCUT2D eigenvalue weighted by atomic mass is 9.85. The number of halogens is 16. The number of hydrogen-bond acceptors (Lipinski definition) is 1. The number of hydrogen-bond donors (Lipinski definition) is 1. The average Bonchev–Trinajstić information content (AvgIpc) is 2.44. The molecule has 0 aromatic rings. The quantitative estimate of drug-likeness (QED) is 0.533. The highest BCUT2D eigenvalue weighted by molar-refractivity contribution is 5.78. The molecule has 0 bridgehead atoms. The van der Waals surface area contributed by atoms with Crippen LogP contribution in [0.2, 0.25) is 0 Å². The van der Waals surface area contributed by atoms with Crippen molar-refractivity contribution >= 4 is 5.97 Å². The molecule has 0 aliphatic carbocycles. The molecule has 168 valence electrons. The van der Waals surface area contributed by atoms with Gasteiger partial charge in [-0.25, -0.2) is 9.18 Å². The number of carbonyl (C=O) groups is 1. The topological polar surface area (TPSA) is 37.3 Å². The molecule has 0 aromatic carbocycles.